The predicted octanol–water partition coefficient (Wildman–Crippen LogP) is 2.31. The number of rotatable bonds is 5. The highest BCUT2D eigenvalue weighted by Gasteiger charge is 2.39. The Morgan fingerprint density at radius 3 is 2.71 bits per heavy atom. The lowest BCUT2D eigenvalue weighted by molar-refractivity contribution is -0.135. The Hall–Kier alpha value is -0.990. The van der Waals surface area contributed by atoms with E-state index < -0.39 is 22.1 Å². The largest absolute Gasteiger partial charge is 0.337 e. The molecule has 5 nitrogen and oxygen atoms in total. The number of carbonyl (C=O) groups is 1. The molecule has 8 heteroatoms. The van der Waals surface area contributed by atoms with Crippen molar-refractivity contribution in [3.63, 3.8) is 0 Å². The molecule has 0 bridgehead atoms. The van der Waals surface area contributed by atoms with E-state index in [1.54, 1.807) is 36.9 Å². The highest BCUT2D eigenvalue weighted by molar-refractivity contribution is 9.10. The zero-order valence-corrected chi connectivity index (χ0v) is 16.3. The van der Waals surface area contributed by atoms with Gasteiger partial charge in [-0.1, -0.05) is 26.0 Å². The van der Waals surface area contributed by atoms with E-state index >= 15 is 0 Å². The molecule has 1 amide bonds. The Kier molecular flexibility index (Phi) is 6.04. The Morgan fingerprint density at radius 2 is 2.12 bits per heavy atom. The lowest BCUT2D eigenvalue weighted by Crippen LogP contribution is -2.48. The SMILES string of the molecule is CC(C)C(=O)N1CCC(NS(C)(=O)=O)C1Cc1cccc(Br)c1F. The molecular formula is C16H22BrFN2O3S. The molecule has 1 aromatic rings. The fraction of sp³-hybridized carbons (Fsp3) is 0.562. The van der Waals surface area contributed by atoms with E-state index in [-0.39, 0.29) is 24.1 Å². The van der Waals surface area contributed by atoms with E-state index in [0.29, 0.717) is 23.0 Å². The Balaban J connectivity index is 2.32. The maximum Gasteiger partial charge on any atom is 0.225 e. The standard InChI is InChI=1S/C16H22BrFN2O3S/c1-10(2)16(21)20-8-7-13(19-24(3,22)23)14(20)9-11-5-4-6-12(17)15(11)18/h4-6,10,13-14,19H,7-9H2,1-3H3. The van der Waals surface area contributed by atoms with Crippen LogP contribution < -0.4 is 4.72 Å². The fourth-order valence-electron chi connectivity index (χ4n) is 3.06. The summed E-state index contributed by atoms with van der Waals surface area (Å²) in [6, 6.07) is 4.18. The summed E-state index contributed by atoms with van der Waals surface area (Å²) >= 11 is 3.16. The predicted molar refractivity (Wildman–Crippen MR) is 94.5 cm³/mol. The number of carbonyl (C=O) groups excluding carboxylic acids is 1. The number of sulfonamides is 1. The normalized spacial score (nSPS) is 21.5. The minimum Gasteiger partial charge on any atom is -0.337 e. The van der Waals surface area contributed by atoms with Crippen LogP contribution in [0.1, 0.15) is 25.8 Å². The van der Waals surface area contributed by atoms with Crippen molar-refractivity contribution in [3.05, 3.63) is 34.1 Å². The maximum absolute atomic E-state index is 14.3. The molecular weight excluding hydrogens is 399 g/mol. The number of hydrogen-bond acceptors (Lipinski definition) is 3. The first-order chi connectivity index (χ1) is 11.1. The van der Waals surface area contributed by atoms with E-state index in [1.165, 1.54) is 0 Å². The summed E-state index contributed by atoms with van der Waals surface area (Å²) in [5.41, 5.74) is 0.457. The average Bonchev–Trinajstić information content (AvgIpc) is 2.83. The molecule has 2 rings (SSSR count). The Bertz CT molecular complexity index is 724. The van der Waals surface area contributed by atoms with Crippen LogP contribution in [0.4, 0.5) is 4.39 Å². The van der Waals surface area contributed by atoms with E-state index in [1.807, 2.05) is 0 Å². The molecule has 1 fully saturated rings. The third kappa shape index (κ3) is 4.55. The van der Waals surface area contributed by atoms with Gasteiger partial charge in [0, 0.05) is 18.5 Å². The molecule has 24 heavy (non-hydrogen) atoms. The van der Waals surface area contributed by atoms with Crippen molar-refractivity contribution in [1.29, 1.82) is 0 Å². The summed E-state index contributed by atoms with van der Waals surface area (Å²) in [6.45, 7) is 4.07. The molecule has 0 aliphatic carbocycles. The Labute approximate surface area is 150 Å². The van der Waals surface area contributed by atoms with Crippen LogP contribution in [0.15, 0.2) is 22.7 Å². The van der Waals surface area contributed by atoms with Gasteiger partial charge in [-0.3, -0.25) is 4.79 Å². The molecule has 1 aromatic carbocycles. The smallest absolute Gasteiger partial charge is 0.225 e. The van der Waals surface area contributed by atoms with Crippen LogP contribution in [-0.4, -0.2) is 44.1 Å². The van der Waals surface area contributed by atoms with Crippen molar-refractivity contribution in [2.24, 2.45) is 5.92 Å². The summed E-state index contributed by atoms with van der Waals surface area (Å²) in [4.78, 5) is 14.1. The van der Waals surface area contributed by atoms with E-state index in [9.17, 15) is 17.6 Å². The van der Waals surface area contributed by atoms with Gasteiger partial charge in [-0.25, -0.2) is 17.5 Å². The minimum absolute atomic E-state index is 0.0480. The molecule has 1 saturated heterocycles. The Morgan fingerprint density at radius 1 is 1.46 bits per heavy atom. The average molecular weight is 421 g/mol. The molecule has 1 aliphatic heterocycles. The van der Waals surface area contributed by atoms with E-state index in [4.69, 9.17) is 0 Å². The second kappa shape index (κ2) is 7.49. The molecule has 0 radical (unpaired) electrons. The van der Waals surface area contributed by atoms with Crippen LogP contribution >= 0.6 is 15.9 Å². The van der Waals surface area contributed by atoms with Gasteiger partial charge in [-0.2, -0.15) is 0 Å². The topological polar surface area (TPSA) is 66.5 Å². The molecule has 2 atom stereocenters. The van der Waals surface area contributed by atoms with Gasteiger partial charge in [0.15, 0.2) is 0 Å². The fourth-order valence-corrected chi connectivity index (χ4v) is 4.29. The van der Waals surface area contributed by atoms with Gasteiger partial charge in [0.2, 0.25) is 15.9 Å². The third-order valence-electron chi connectivity index (χ3n) is 4.15. The maximum atomic E-state index is 14.3. The second-order valence-corrected chi connectivity index (χ2v) is 9.09. The lowest BCUT2D eigenvalue weighted by atomic mass is 9.99. The summed E-state index contributed by atoms with van der Waals surface area (Å²) < 4.78 is 40.5. The zero-order valence-electron chi connectivity index (χ0n) is 13.9. The van der Waals surface area contributed by atoms with Crippen molar-refractivity contribution in [2.45, 2.75) is 38.8 Å². The van der Waals surface area contributed by atoms with Gasteiger partial charge < -0.3 is 4.90 Å². The van der Waals surface area contributed by atoms with Crippen molar-refractivity contribution in [2.75, 3.05) is 12.8 Å². The number of amides is 1. The van der Waals surface area contributed by atoms with Crippen LogP contribution in [-0.2, 0) is 21.2 Å². The monoisotopic (exact) mass is 420 g/mol. The van der Waals surface area contributed by atoms with Gasteiger partial charge in [0.25, 0.3) is 0 Å². The number of halogens is 2. The van der Waals surface area contributed by atoms with Crippen LogP contribution in [0.3, 0.4) is 0 Å². The third-order valence-corrected chi connectivity index (χ3v) is 5.49. The quantitative estimate of drug-likeness (QED) is 0.794. The molecule has 0 saturated carbocycles. The van der Waals surface area contributed by atoms with Gasteiger partial charge in [0.05, 0.1) is 16.8 Å². The molecule has 0 spiro atoms. The van der Waals surface area contributed by atoms with Gasteiger partial charge in [0.1, 0.15) is 5.82 Å². The van der Waals surface area contributed by atoms with Crippen LogP contribution in [0.5, 0.6) is 0 Å². The molecule has 1 aliphatic rings. The van der Waals surface area contributed by atoms with Crippen molar-refractivity contribution >= 4 is 31.9 Å². The van der Waals surface area contributed by atoms with Crippen molar-refractivity contribution in [1.82, 2.24) is 9.62 Å². The summed E-state index contributed by atoms with van der Waals surface area (Å²) in [5.74, 6) is -0.621. The van der Waals surface area contributed by atoms with Gasteiger partial charge >= 0.3 is 0 Å². The summed E-state index contributed by atoms with van der Waals surface area (Å²) in [6.07, 6.45) is 1.87. The number of likely N-dealkylation sites (tertiary alicyclic amines) is 1. The number of benzene rings is 1. The molecule has 2 unspecified atom stereocenters. The van der Waals surface area contributed by atoms with Crippen LogP contribution in [0.25, 0.3) is 0 Å². The number of hydrogen-bond donors (Lipinski definition) is 1. The first kappa shape index (κ1) is 19.3. The second-order valence-electron chi connectivity index (χ2n) is 6.46. The molecule has 134 valence electrons. The van der Waals surface area contributed by atoms with Crippen molar-refractivity contribution in [3.8, 4) is 0 Å². The van der Waals surface area contributed by atoms with Crippen LogP contribution in [0, 0.1) is 11.7 Å². The summed E-state index contributed by atoms with van der Waals surface area (Å²) in [7, 11) is -3.41. The highest BCUT2D eigenvalue weighted by atomic mass is 79.9. The molecule has 1 heterocycles. The highest BCUT2D eigenvalue weighted by Crippen LogP contribution is 2.27. The first-order valence-electron chi connectivity index (χ1n) is 7.81. The molecule has 0 aromatic heterocycles. The first-order valence-corrected chi connectivity index (χ1v) is 10.5. The van der Waals surface area contributed by atoms with Crippen molar-refractivity contribution < 1.29 is 17.6 Å². The van der Waals surface area contributed by atoms with E-state index in [0.717, 1.165) is 6.26 Å². The lowest BCUT2D eigenvalue weighted by Gasteiger charge is -2.30. The summed E-state index contributed by atoms with van der Waals surface area (Å²) in [5, 5.41) is 0. The zero-order chi connectivity index (χ0) is 18.1. The number of nitrogens with zero attached hydrogens (tertiary/aromatic N) is 1. The van der Waals surface area contributed by atoms with Gasteiger partial charge in [-0.15, -0.1) is 0 Å². The van der Waals surface area contributed by atoms with E-state index in [2.05, 4.69) is 20.7 Å². The van der Waals surface area contributed by atoms with Crippen LogP contribution in [0.2, 0.25) is 0 Å². The minimum atomic E-state index is -3.41. The molecule has 1 N–H and O–H groups in total. The van der Waals surface area contributed by atoms with Gasteiger partial charge in [-0.05, 0) is 40.4 Å². The number of nitrogens with one attached hydrogen (secondary N) is 1.